The van der Waals surface area contributed by atoms with Crippen molar-refractivity contribution in [3.05, 3.63) is 45.6 Å². The molecule has 1 aromatic carbocycles. The van der Waals surface area contributed by atoms with Crippen LogP contribution in [0.15, 0.2) is 40.2 Å². The number of hydrogen-bond acceptors (Lipinski definition) is 5. The fourth-order valence-corrected chi connectivity index (χ4v) is 5.10. The smallest absolute Gasteiger partial charge is 0.312 e. The van der Waals surface area contributed by atoms with Crippen molar-refractivity contribution in [1.82, 2.24) is 10.2 Å². The van der Waals surface area contributed by atoms with Gasteiger partial charge in [0.2, 0.25) is 0 Å². The molecule has 0 aromatic heterocycles. The van der Waals surface area contributed by atoms with Crippen molar-refractivity contribution in [2.75, 3.05) is 13.1 Å². The monoisotopic (exact) mass is 566 g/mol. The molecule has 2 atom stereocenters. The number of azo groups is 1. The Bertz CT molecular complexity index is 1080. The average molecular weight is 568 g/mol. The van der Waals surface area contributed by atoms with Crippen LogP contribution < -0.4 is 5.32 Å². The maximum atomic E-state index is 13.7. The van der Waals surface area contributed by atoms with Crippen molar-refractivity contribution in [3.63, 3.8) is 0 Å². The van der Waals surface area contributed by atoms with Gasteiger partial charge in [0.05, 0.1) is 27.8 Å². The lowest BCUT2D eigenvalue weighted by atomic mass is 9.71. The molecule has 35 heavy (non-hydrogen) atoms. The van der Waals surface area contributed by atoms with E-state index >= 15 is 0 Å². The van der Waals surface area contributed by atoms with Crippen molar-refractivity contribution < 1.29 is 23.2 Å². The zero-order valence-electron chi connectivity index (χ0n) is 18.8. The van der Waals surface area contributed by atoms with Crippen LogP contribution in [0.25, 0.3) is 0 Å². The number of rotatable bonds is 5. The molecule has 2 fully saturated rings. The third kappa shape index (κ3) is 6.00. The summed E-state index contributed by atoms with van der Waals surface area (Å²) in [6.07, 6.45) is 0.824. The van der Waals surface area contributed by atoms with Gasteiger partial charge in [0.1, 0.15) is 5.78 Å². The van der Waals surface area contributed by atoms with Crippen LogP contribution in [-0.4, -0.2) is 53.1 Å². The second-order valence-corrected chi connectivity index (χ2v) is 9.60. The van der Waals surface area contributed by atoms with Crippen molar-refractivity contribution >= 4 is 67.8 Å². The van der Waals surface area contributed by atoms with Crippen LogP contribution >= 0.6 is 50.2 Å². The highest BCUT2D eigenvalue weighted by Crippen LogP contribution is 2.50. The number of Topliss-reactive ketones (excluding diaryl/α,β-unsaturated/α-hetero) is 1. The van der Waals surface area contributed by atoms with Crippen LogP contribution in [0.2, 0.25) is 10.0 Å². The van der Waals surface area contributed by atoms with Gasteiger partial charge in [-0.1, -0.05) is 29.3 Å². The van der Waals surface area contributed by atoms with E-state index in [1.165, 1.54) is 4.90 Å². The normalized spacial score (nSPS) is 23.5. The molecule has 1 saturated carbocycles. The summed E-state index contributed by atoms with van der Waals surface area (Å²) in [5, 5.41) is 10.8. The first-order valence-corrected chi connectivity index (χ1v) is 11.3. The van der Waals surface area contributed by atoms with Crippen LogP contribution in [0.4, 0.5) is 8.78 Å². The minimum absolute atomic E-state index is 0. The second-order valence-electron chi connectivity index (χ2n) is 8.78. The third-order valence-electron chi connectivity index (χ3n) is 6.49. The molecule has 1 aromatic rings. The Morgan fingerprint density at radius 3 is 2.43 bits per heavy atom. The SMILES string of the molecule is C[C@H]1[C@@H](C(=O)Cc2ccc(Cl)c(Cl)c2)CCN1C(=O)C(=O)NC1(C2=CCN=N2)CC(F)(F)C1.S.S. The highest BCUT2D eigenvalue weighted by molar-refractivity contribution is 7.59. The predicted molar refractivity (Wildman–Crippen MR) is 138 cm³/mol. The van der Waals surface area contributed by atoms with Gasteiger partial charge in [-0.05, 0) is 37.1 Å². The molecule has 2 aliphatic heterocycles. The molecule has 0 spiro atoms. The number of nitrogens with one attached hydrogen (secondary N) is 1. The molecule has 0 radical (unpaired) electrons. The van der Waals surface area contributed by atoms with E-state index in [4.69, 9.17) is 23.2 Å². The Morgan fingerprint density at radius 2 is 1.86 bits per heavy atom. The average Bonchev–Trinajstić information content (AvgIpc) is 3.39. The summed E-state index contributed by atoms with van der Waals surface area (Å²) in [6, 6.07) is 4.44. The topological polar surface area (TPSA) is 91.2 Å². The van der Waals surface area contributed by atoms with Gasteiger partial charge < -0.3 is 10.2 Å². The molecule has 0 unspecified atom stereocenters. The number of carbonyl (C=O) groups is 3. The number of benzene rings is 1. The quantitative estimate of drug-likeness (QED) is 0.541. The molecule has 2 heterocycles. The van der Waals surface area contributed by atoms with E-state index in [2.05, 4.69) is 15.5 Å². The van der Waals surface area contributed by atoms with E-state index in [-0.39, 0.29) is 58.0 Å². The van der Waals surface area contributed by atoms with E-state index in [0.717, 1.165) is 0 Å². The van der Waals surface area contributed by atoms with Gasteiger partial charge in [-0.15, -0.1) is 0 Å². The molecule has 2 amide bonds. The minimum Gasteiger partial charge on any atom is -0.336 e. The van der Waals surface area contributed by atoms with Gasteiger partial charge in [0.15, 0.2) is 0 Å². The lowest BCUT2D eigenvalue weighted by Crippen LogP contribution is -2.65. The molecule has 1 saturated heterocycles. The zero-order chi connectivity index (χ0) is 24.0. The summed E-state index contributed by atoms with van der Waals surface area (Å²) in [5.74, 6) is -5.32. The Kier molecular flexibility index (Phi) is 9.41. The third-order valence-corrected chi connectivity index (χ3v) is 7.23. The fourth-order valence-electron chi connectivity index (χ4n) is 4.78. The van der Waals surface area contributed by atoms with Crippen molar-refractivity contribution in [1.29, 1.82) is 0 Å². The van der Waals surface area contributed by atoms with Crippen molar-refractivity contribution in [2.45, 2.75) is 50.1 Å². The number of alkyl halides is 2. The molecular weight excluding hydrogens is 541 g/mol. The molecule has 192 valence electrons. The molecular formula is C22H26Cl2F2N4O3S2. The van der Waals surface area contributed by atoms with E-state index in [9.17, 15) is 23.2 Å². The van der Waals surface area contributed by atoms with Gasteiger partial charge in [0, 0.05) is 37.8 Å². The maximum Gasteiger partial charge on any atom is 0.312 e. The van der Waals surface area contributed by atoms with Crippen molar-refractivity contribution in [3.8, 4) is 0 Å². The molecule has 0 bridgehead atoms. The Labute approximate surface area is 225 Å². The second kappa shape index (κ2) is 11.1. The van der Waals surface area contributed by atoms with Crippen LogP contribution in [0.1, 0.15) is 31.7 Å². The van der Waals surface area contributed by atoms with Crippen LogP contribution in [0.3, 0.4) is 0 Å². The van der Waals surface area contributed by atoms with Gasteiger partial charge in [-0.25, -0.2) is 8.78 Å². The number of nitrogens with zero attached hydrogens (tertiary/aromatic N) is 3. The number of carbonyl (C=O) groups excluding carboxylic acids is 3. The summed E-state index contributed by atoms with van der Waals surface area (Å²) >= 11 is 11.9. The van der Waals surface area contributed by atoms with Gasteiger partial charge >= 0.3 is 11.8 Å². The van der Waals surface area contributed by atoms with E-state index < -0.39 is 48.1 Å². The van der Waals surface area contributed by atoms with E-state index in [1.807, 2.05) is 0 Å². The van der Waals surface area contributed by atoms with Crippen molar-refractivity contribution in [2.24, 2.45) is 16.1 Å². The molecule has 1 N–H and O–H groups in total. The highest BCUT2D eigenvalue weighted by atomic mass is 35.5. The maximum absolute atomic E-state index is 13.7. The standard InChI is InChI=1S/C22H22Cl2F2N4O3.2H2S/c1-12-14(17(31)9-13-2-3-15(23)16(24)8-13)5-7-30(12)20(33)19(32)28-21(10-22(25,26)11-21)18-4-6-27-29-18;;/h2-4,8,12,14H,5-7,9-11H2,1H3,(H,28,32);2*1H2/t12-,14-;;/m0../s1. The van der Waals surface area contributed by atoms with E-state index in [0.29, 0.717) is 22.0 Å². The Morgan fingerprint density at radius 1 is 1.17 bits per heavy atom. The van der Waals surface area contributed by atoms with Gasteiger partial charge in [-0.2, -0.15) is 37.2 Å². The predicted octanol–water partition coefficient (Wildman–Crippen LogP) is 4.20. The lowest BCUT2D eigenvalue weighted by Gasteiger charge is -2.47. The summed E-state index contributed by atoms with van der Waals surface area (Å²) in [7, 11) is 0. The largest absolute Gasteiger partial charge is 0.336 e. The molecule has 7 nitrogen and oxygen atoms in total. The summed E-state index contributed by atoms with van der Waals surface area (Å²) in [5.41, 5.74) is -0.447. The molecule has 1 aliphatic carbocycles. The first-order valence-electron chi connectivity index (χ1n) is 10.6. The summed E-state index contributed by atoms with van der Waals surface area (Å²) in [4.78, 5) is 39.8. The fraction of sp³-hybridized carbons (Fsp3) is 0.500. The van der Waals surface area contributed by atoms with Crippen LogP contribution in [0.5, 0.6) is 0 Å². The number of halogens is 4. The Hall–Kier alpha value is -1.69. The minimum atomic E-state index is -2.95. The summed E-state index contributed by atoms with van der Waals surface area (Å²) < 4.78 is 27.3. The highest BCUT2D eigenvalue weighted by Gasteiger charge is 2.60. The first-order chi connectivity index (χ1) is 15.5. The zero-order valence-corrected chi connectivity index (χ0v) is 22.3. The summed E-state index contributed by atoms with van der Waals surface area (Å²) in [6.45, 7) is 2.17. The number of likely N-dealkylation sites (tertiary alicyclic amines) is 1. The van der Waals surface area contributed by atoms with Crippen LogP contribution in [-0.2, 0) is 20.8 Å². The number of amides is 2. The Balaban J connectivity index is 0.00000216. The first kappa shape index (κ1) is 29.5. The molecule has 13 heteroatoms. The van der Waals surface area contributed by atoms with Gasteiger partial charge in [0.25, 0.3) is 5.92 Å². The van der Waals surface area contributed by atoms with Gasteiger partial charge in [-0.3, -0.25) is 14.4 Å². The molecule has 4 rings (SSSR count). The lowest BCUT2D eigenvalue weighted by molar-refractivity contribution is -0.154. The van der Waals surface area contributed by atoms with E-state index in [1.54, 1.807) is 31.2 Å². The number of hydrogen-bond donors (Lipinski definition) is 1. The van der Waals surface area contributed by atoms with Crippen LogP contribution in [0, 0.1) is 5.92 Å². The molecule has 3 aliphatic rings. The number of ketones is 1.